The topological polar surface area (TPSA) is 24.9 Å². The molecule has 2 aromatic rings. The number of benzene rings is 2. The molecule has 0 unspecified atom stereocenters. The fraction of sp³-hybridized carbons (Fsp3) is 0.429. The van der Waals surface area contributed by atoms with Crippen LogP contribution in [0.4, 0.5) is 0 Å². The summed E-state index contributed by atoms with van der Waals surface area (Å²) in [5.41, 5.74) is 1.26. The fourth-order valence-corrected chi connectivity index (χ4v) is 3.17. The molecule has 1 saturated heterocycles. The van der Waals surface area contributed by atoms with Crippen molar-refractivity contribution in [2.75, 3.05) is 46.9 Å². The number of nitrogens with zero attached hydrogens (tertiary/aromatic N) is 2. The molecule has 1 heterocycles. The summed E-state index contributed by atoms with van der Waals surface area (Å²) in [7, 11) is 3.87. The maximum atomic E-state index is 6.11. The van der Waals surface area contributed by atoms with Gasteiger partial charge in [0.05, 0.1) is 7.11 Å². The van der Waals surface area contributed by atoms with E-state index in [0.717, 1.165) is 36.6 Å². The minimum absolute atomic E-state index is 0.810. The molecule has 1 fully saturated rings. The number of para-hydroxylation sites is 1. The van der Waals surface area contributed by atoms with E-state index in [-0.39, 0.29) is 0 Å². The van der Waals surface area contributed by atoms with Gasteiger partial charge in [-0.25, -0.2) is 0 Å². The van der Waals surface area contributed by atoms with Crippen LogP contribution < -0.4 is 9.47 Å². The third kappa shape index (κ3) is 5.21. The average molecular weight is 340 g/mol. The highest BCUT2D eigenvalue weighted by Crippen LogP contribution is 2.28. The lowest BCUT2D eigenvalue weighted by atomic mass is 10.1. The minimum atomic E-state index is 0.810. The third-order valence-electron chi connectivity index (χ3n) is 4.76. The van der Waals surface area contributed by atoms with Crippen LogP contribution in [-0.2, 0) is 6.42 Å². The van der Waals surface area contributed by atoms with Crippen molar-refractivity contribution in [2.45, 2.75) is 12.8 Å². The molecule has 4 heteroatoms. The Morgan fingerprint density at radius 3 is 2.48 bits per heavy atom. The average Bonchev–Trinajstić information content (AvgIpc) is 2.65. The predicted molar refractivity (Wildman–Crippen MR) is 102 cm³/mol. The van der Waals surface area contributed by atoms with Gasteiger partial charge in [0.2, 0.25) is 0 Å². The number of aryl methyl sites for hydroxylation is 1. The standard InChI is InChI=1S/C21H28N2O2/c1-22-13-15-23(16-14-22)12-6-8-18-7-3-4-11-21(18)25-20-10-5-9-19(17-20)24-2/h3-5,7,9-11,17H,6,8,12-16H2,1-2H3. The van der Waals surface area contributed by atoms with E-state index in [2.05, 4.69) is 29.0 Å². The second kappa shape index (κ2) is 8.88. The second-order valence-electron chi connectivity index (χ2n) is 6.64. The van der Waals surface area contributed by atoms with Gasteiger partial charge < -0.3 is 19.3 Å². The first kappa shape index (κ1) is 17.8. The number of hydrogen-bond acceptors (Lipinski definition) is 4. The lowest BCUT2D eigenvalue weighted by Gasteiger charge is -2.32. The van der Waals surface area contributed by atoms with Crippen LogP contribution in [0.2, 0.25) is 0 Å². The molecule has 0 atom stereocenters. The lowest BCUT2D eigenvalue weighted by molar-refractivity contribution is 0.153. The lowest BCUT2D eigenvalue weighted by Crippen LogP contribution is -2.44. The first-order chi connectivity index (χ1) is 12.2. The maximum Gasteiger partial charge on any atom is 0.131 e. The molecule has 2 aromatic carbocycles. The Hall–Kier alpha value is -2.04. The van der Waals surface area contributed by atoms with Crippen LogP contribution in [0.25, 0.3) is 0 Å². The van der Waals surface area contributed by atoms with Crippen LogP contribution in [-0.4, -0.2) is 56.7 Å². The molecule has 25 heavy (non-hydrogen) atoms. The Labute approximate surface area is 151 Å². The quantitative estimate of drug-likeness (QED) is 0.768. The molecule has 3 rings (SSSR count). The van der Waals surface area contributed by atoms with Crippen LogP contribution in [0.5, 0.6) is 17.2 Å². The zero-order valence-corrected chi connectivity index (χ0v) is 15.3. The number of hydrogen-bond donors (Lipinski definition) is 0. The van der Waals surface area contributed by atoms with Gasteiger partial charge in [-0.15, -0.1) is 0 Å². The van der Waals surface area contributed by atoms with E-state index in [4.69, 9.17) is 9.47 Å². The summed E-state index contributed by atoms with van der Waals surface area (Å²) in [6.45, 7) is 5.86. The van der Waals surface area contributed by atoms with Crippen LogP contribution in [0, 0.1) is 0 Å². The summed E-state index contributed by atoms with van der Waals surface area (Å²) in [4.78, 5) is 4.96. The van der Waals surface area contributed by atoms with E-state index in [1.807, 2.05) is 36.4 Å². The zero-order valence-electron chi connectivity index (χ0n) is 15.3. The molecule has 0 aromatic heterocycles. The van der Waals surface area contributed by atoms with Crippen molar-refractivity contribution >= 4 is 0 Å². The summed E-state index contributed by atoms with van der Waals surface area (Å²) in [6, 6.07) is 16.1. The van der Waals surface area contributed by atoms with E-state index < -0.39 is 0 Å². The summed E-state index contributed by atoms with van der Waals surface area (Å²) in [5, 5.41) is 0. The van der Waals surface area contributed by atoms with E-state index in [1.165, 1.54) is 31.7 Å². The predicted octanol–water partition coefficient (Wildman–Crippen LogP) is 3.67. The Bertz CT molecular complexity index is 666. The van der Waals surface area contributed by atoms with Gasteiger partial charge in [0.25, 0.3) is 0 Å². The molecule has 0 N–H and O–H groups in total. The Morgan fingerprint density at radius 2 is 1.68 bits per heavy atom. The van der Waals surface area contributed by atoms with E-state index in [1.54, 1.807) is 7.11 Å². The monoisotopic (exact) mass is 340 g/mol. The Kier molecular flexibility index (Phi) is 6.31. The highest BCUT2D eigenvalue weighted by Gasteiger charge is 2.13. The van der Waals surface area contributed by atoms with Gasteiger partial charge in [-0.3, -0.25) is 0 Å². The number of likely N-dealkylation sites (N-methyl/N-ethyl adjacent to an activating group) is 1. The molecule has 1 aliphatic heterocycles. The summed E-state index contributed by atoms with van der Waals surface area (Å²) in [5.74, 6) is 2.56. The van der Waals surface area contributed by atoms with Gasteiger partial charge in [0.1, 0.15) is 17.2 Å². The van der Waals surface area contributed by atoms with Gasteiger partial charge in [-0.2, -0.15) is 0 Å². The summed E-state index contributed by atoms with van der Waals surface area (Å²) in [6.07, 6.45) is 2.19. The number of methoxy groups -OCH3 is 1. The second-order valence-corrected chi connectivity index (χ2v) is 6.64. The number of rotatable bonds is 7. The van der Waals surface area contributed by atoms with Crippen LogP contribution in [0.15, 0.2) is 48.5 Å². The molecule has 0 spiro atoms. The molecule has 0 bridgehead atoms. The molecular weight excluding hydrogens is 312 g/mol. The number of ether oxygens (including phenoxy) is 2. The Balaban J connectivity index is 1.57. The number of piperazine rings is 1. The van der Waals surface area contributed by atoms with Crippen molar-refractivity contribution in [3.63, 3.8) is 0 Å². The van der Waals surface area contributed by atoms with E-state index in [9.17, 15) is 0 Å². The minimum Gasteiger partial charge on any atom is -0.497 e. The first-order valence-corrected chi connectivity index (χ1v) is 9.05. The van der Waals surface area contributed by atoms with E-state index >= 15 is 0 Å². The van der Waals surface area contributed by atoms with Crippen molar-refractivity contribution in [1.29, 1.82) is 0 Å². The largest absolute Gasteiger partial charge is 0.497 e. The molecule has 1 aliphatic rings. The van der Waals surface area contributed by atoms with Crippen LogP contribution in [0.1, 0.15) is 12.0 Å². The Morgan fingerprint density at radius 1 is 0.920 bits per heavy atom. The first-order valence-electron chi connectivity index (χ1n) is 9.05. The maximum absolute atomic E-state index is 6.11. The molecule has 0 amide bonds. The molecule has 0 aliphatic carbocycles. The van der Waals surface area contributed by atoms with Gasteiger partial charge in [0.15, 0.2) is 0 Å². The van der Waals surface area contributed by atoms with Crippen LogP contribution >= 0.6 is 0 Å². The normalized spacial score (nSPS) is 15.9. The SMILES string of the molecule is COc1cccc(Oc2ccccc2CCCN2CCN(C)CC2)c1. The highest BCUT2D eigenvalue weighted by atomic mass is 16.5. The van der Waals surface area contributed by atoms with Crippen molar-refractivity contribution in [1.82, 2.24) is 9.80 Å². The molecule has 4 nitrogen and oxygen atoms in total. The fourth-order valence-electron chi connectivity index (χ4n) is 3.17. The van der Waals surface area contributed by atoms with Crippen LogP contribution in [0.3, 0.4) is 0 Å². The van der Waals surface area contributed by atoms with Gasteiger partial charge in [-0.1, -0.05) is 24.3 Å². The molecule has 0 radical (unpaired) electrons. The van der Waals surface area contributed by atoms with Crippen molar-refractivity contribution in [2.24, 2.45) is 0 Å². The highest BCUT2D eigenvalue weighted by molar-refractivity contribution is 5.40. The van der Waals surface area contributed by atoms with Crippen molar-refractivity contribution in [3.8, 4) is 17.2 Å². The molecule has 134 valence electrons. The molecule has 0 saturated carbocycles. The van der Waals surface area contributed by atoms with Gasteiger partial charge in [0, 0.05) is 32.2 Å². The van der Waals surface area contributed by atoms with Crippen molar-refractivity contribution < 1.29 is 9.47 Å². The van der Waals surface area contributed by atoms with E-state index in [0.29, 0.717) is 0 Å². The van der Waals surface area contributed by atoms with Gasteiger partial charge >= 0.3 is 0 Å². The molecular formula is C21H28N2O2. The van der Waals surface area contributed by atoms with Crippen molar-refractivity contribution in [3.05, 3.63) is 54.1 Å². The smallest absolute Gasteiger partial charge is 0.131 e. The summed E-state index contributed by atoms with van der Waals surface area (Å²) < 4.78 is 11.4. The zero-order chi connectivity index (χ0) is 17.5. The van der Waals surface area contributed by atoms with Gasteiger partial charge in [-0.05, 0) is 50.2 Å². The third-order valence-corrected chi connectivity index (χ3v) is 4.76. The summed E-state index contributed by atoms with van der Waals surface area (Å²) >= 11 is 0.